The van der Waals surface area contributed by atoms with Gasteiger partial charge in [-0.1, -0.05) is 84.5 Å². The smallest absolute Gasteiger partial charge is 0.338 e. The van der Waals surface area contributed by atoms with Gasteiger partial charge in [0.05, 0.1) is 23.7 Å². The second-order valence-corrected chi connectivity index (χ2v) is 8.98. The molecule has 2 aliphatic rings. The third-order valence-electron chi connectivity index (χ3n) is 5.43. The highest BCUT2D eigenvalue weighted by atomic mass is 35.5. The zero-order valence-electron chi connectivity index (χ0n) is 18.7. The standard InChI is InChI=1S/C26H24ClN3O3S/c1-3-13-33-25(32)23-17(2)29-26-30(24(23)20-11-7-8-12-21(20)27)19(16-34-26)14-22(31)28-15-18-9-5-4-6-10-18/h3-12,16,24H,1,13-15H2,2H3,(H,28,31). The summed E-state index contributed by atoms with van der Waals surface area (Å²) in [6.07, 6.45) is 1.65. The topological polar surface area (TPSA) is 71.0 Å². The van der Waals surface area contributed by atoms with Crippen molar-refractivity contribution < 1.29 is 14.3 Å². The number of ether oxygens (including phenoxy) is 1. The molecular formula is C26H24ClN3O3S. The van der Waals surface area contributed by atoms with Crippen LogP contribution in [0.3, 0.4) is 0 Å². The number of nitrogens with zero attached hydrogens (tertiary/aromatic N) is 2. The quantitative estimate of drug-likeness (QED) is 0.396. The number of amides is 1. The SMILES string of the molecule is C=CCOC(=O)C1=C(C)N=C2SC=C(CC(=O)NCc3ccccc3)N2C1c1ccccc1Cl. The third kappa shape index (κ3) is 5.11. The lowest BCUT2D eigenvalue weighted by molar-refractivity contribution is -0.138. The highest BCUT2D eigenvalue weighted by Crippen LogP contribution is 2.46. The average molecular weight is 494 g/mol. The normalized spacial score (nSPS) is 17.0. The van der Waals surface area contributed by atoms with Crippen molar-refractivity contribution in [1.29, 1.82) is 0 Å². The number of amidine groups is 1. The van der Waals surface area contributed by atoms with Gasteiger partial charge in [0.2, 0.25) is 5.91 Å². The first kappa shape index (κ1) is 23.9. The van der Waals surface area contributed by atoms with Crippen molar-refractivity contribution in [3.63, 3.8) is 0 Å². The Kier molecular flexibility index (Phi) is 7.55. The van der Waals surface area contributed by atoms with E-state index in [2.05, 4.69) is 16.9 Å². The highest BCUT2D eigenvalue weighted by molar-refractivity contribution is 8.16. The van der Waals surface area contributed by atoms with Crippen molar-refractivity contribution in [2.75, 3.05) is 6.61 Å². The van der Waals surface area contributed by atoms with Crippen molar-refractivity contribution >= 4 is 40.4 Å². The summed E-state index contributed by atoms with van der Waals surface area (Å²) in [5.41, 5.74) is 3.43. The number of carbonyl (C=O) groups excluding carboxylic acids is 2. The van der Waals surface area contributed by atoms with Crippen LogP contribution in [0.5, 0.6) is 0 Å². The predicted molar refractivity (Wildman–Crippen MR) is 136 cm³/mol. The summed E-state index contributed by atoms with van der Waals surface area (Å²) in [5, 5.41) is 6.06. The van der Waals surface area contributed by atoms with Gasteiger partial charge in [0.15, 0.2) is 5.17 Å². The molecule has 2 heterocycles. The Bertz CT molecular complexity index is 1210. The van der Waals surface area contributed by atoms with Crippen LogP contribution in [0.15, 0.2) is 94.6 Å². The van der Waals surface area contributed by atoms with E-state index < -0.39 is 12.0 Å². The Hall–Kier alpha value is -3.29. The number of hydrogen-bond donors (Lipinski definition) is 1. The molecule has 0 bridgehead atoms. The number of halogens is 1. The zero-order valence-corrected chi connectivity index (χ0v) is 20.2. The summed E-state index contributed by atoms with van der Waals surface area (Å²) in [7, 11) is 0. The molecule has 1 N–H and O–H groups in total. The zero-order chi connectivity index (χ0) is 24.1. The Morgan fingerprint density at radius 1 is 1.21 bits per heavy atom. The van der Waals surface area contributed by atoms with Gasteiger partial charge in [0, 0.05) is 17.3 Å². The fraction of sp³-hybridized carbons (Fsp3) is 0.192. The Morgan fingerprint density at radius 2 is 1.94 bits per heavy atom. The third-order valence-corrected chi connectivity index (χ3v) is 6.66. The number of hydrogen-bond acceptors (Lipinski definition) is 6. The van der Waals surface area contributed by atoms with Crippen molar-refractivity contribution in [2.24, 2.45) is 4.99 Å². The number of aliphatic imine (C=N–C) groups is 1. The van der Waals surface area contributed by atoms with E-state index in [0.29, 0.717) is 28.0 Å². The second-order valence-electron chi connectivity index (χ2n) is 7.74. The lowest BCUT2D eigenvalue weighted by atomic mass is 9.93. The number of carbonyl (C=O) groups is 2. The average Bonchev–Trinajstić information content (AvgIpc) is 3.23. The van der Waals surface area contributed by atoms with E-state index in [1.165, 1.54) is 17.8 Å². The molecule has 0 fully saturated rings. The van der Waals surface area contributed by atoms with Gasteiger partial charge in [0.1, 0.15) is 6.61 Å². The summed E-state index contributed by atoms with van der Waals surface area (Å²) in [5.74, 6) is -0.619. The summed E-state index contributed by atoms with van der Waals surface area (Å²) < 4.78 is 5.39. The van der Waals surface area contributed by atoms with Crippen LogP contribution >= 0.6 is 23.4 Å². The van der Waals surface area contributed by atoms with E-state index >= 15 is 0 Å². The van der Waals surface area contributed by atoms with Crippen LogP contribution in [-0.4, -0.2) is 28.6 Å². The van der Waals surface area contributed by atoms with Gasteiger partial charge in [0.25, 0.3) is 0 Å². The van der Waals surface area contributed by atoms with Gasteiger partial charge >= 0.3 is 5.97 Å². The second kappa shape index (κ2) is 10.8. The van der Waals surface area contributed by atoms with Gasteiger partial charge < -0.3 is 15.0 Å². The van der Waals surface area contributed by atoms with Gasteiger partial charge in [-0.2, -0.15) is 0 Å². The number of rotatable bonds is 8. The molecule has 2 aromatic rings. The lowest BCUT2D eigenvalue weighted by Crippen LogP contribution is -2.38. The molecule has 0 spiro atoms. The molecule has 0 aliphatic carbocycles. The number of fused-ring (bicyclic) bond motifs is 1. The Balaban J connectivity index is 1.62. The van der Waals surface area contributed by atoms with E-state index in [4.69, 9.17) is 16.3 Å². The first-order valence-corrected chi connectivity index (χ1v) is 12.0. The fourth-order valence-electron chi connectivity index (χ4n) is 3.86. The maximum absolute atomic E-state index is 13.1. The highest BCUT2D eigenvalue weighted by Gasteiger charge is 2.41. The van der Waals surface area contributed by atoms with E-state index in [9.17, 15) is 9.59 Å². The van der Waals surface area contributed by atoms with E-state index in [0.717, 1.165) is 16.8 Å². The summed E-state index contributed by atoms with van der Waals surface area (Å²) in [6, 6.07) is 16.5. The molecule has 8 heteroatoms. The molecule has 34 heavy (non-hydrogen) atoms. The molecule has 0 saturated heterocycles. The Morgan fingerprint density at radius 3 is 2.68 bits per heavy atom. The minimum Gasteiger partial charge on any atom is -0.458 e. The number of nitrogens with one attached hydrogen (secondary N) is 1. The maximum Gasteiger partial charge on any atom is 0.338 e. The summed E-state index contributed by atoms with van der Waals surface area (Å²) in [6.45, 7) is 5.92. The van der Waals surface area contributed by atoms with Crippen molar-refractivity contribution in [1.82, 2.24) is 10.2 Å². The molecule has 0 saturated carbocycles. The number of esters is 1. The number of allylic oxidation sites excluding steroid dienone is 1. The van der Waals surface area contributed by atoms with Crippen LogP contribution in [0, 0.1) is 0 Å². The number of benzene rings is 2. The lowest BCUT2D eigenvalue weighted by Gasteiger charge is -2.36. The van der Waals surface area contributed by atoms with Crippen molar-refractivity contribution in [2.45, 2.75) is 25.9 Å². The molecule has 4 rings (SSSR count). The Labute approximate surface area is 208 Å². The monoisotopic (exact) mass is 493 g/mol. The largest absolute Gasteiger partial charge is 0.458 e. The number of thioether (sulfide) groups is 1. The van der Waals surface area contributed by atoms with Gasteiger partial charge in [-0.05, 0) is 29.5 Å². The molecule has 6 nitrogen and oxygen atoms in total. The molecule has 1 atom stereocenters. The molecule has 2 aromatic carbocycles. The predicted octanol–water partition coefficient (Wildman–Crippen LogP) is 5.35. The van der Waals surface area contributed by atoms with Crippen molar-refractivity contribution in [3.05, 3.63) is 106 Å². The van der Waals surface area contributed by atoms with Crippen LogP contribution in [0.1, 0.15) is 30.5 Å². The fourth-order valence-corrected chi connectivity index (χ4v) is 5.06. The van der Waals surface area contributed by atoms with Crippen LogP contribution in [0.2, 0.25) is 5.02 Å². The van der Waals surface area contributed by atoms with Gasteiger partial charge in [-0.15, -0.1) is 0 Å². The molecule has 174 valence electrons. The molecule has 1 unspecified atom stereocenters. The van der Waals surface area contributed by atoms with Gasteiger partial charge in [-0.25, -0.2) is 9.79 Å². The van der Waals surface area contributed by atoms with Crippen LogP contribution in [-0.2, 0) is 20.9 Å². The molecule has 0 radical (unpaired) electrons. The maximum atomic E-state index is 13.1. The van der Waals surface area contributed by atoms with E-state index in [1.807, 2.05) is 58.8 Å². The van der Waals surface area contributed by atoms with E-state index in [1.54, 1.807) is 13.0 Å². The minimum atomic E-state index is -0.568. The summed E-state index contributed by atoms with van der Waals surface area (Å²) in [4.78, 5) is 32.4. The van der Waals surface area contributed by atoms with Crippen LogP contribution in [0.4, 0.5) is 0 Å². The summed E-state index contributed by atoms with van der Waals surface area (Å²) >= 11 is 8.00. The van der Waals surface area contributed by atoms with Crippen molar-refractivity contribution in [3.8, 4) is 0 Å². The van der Waals surface area contributed by atoms with E-state index in [-0.39, 0.29) is 18.9 Å². The first-order valence-electron chi connectivity index (χ1n) is 10.8. The van der Waals surface area contributed by atoms with Gasteiger partial charge in [-0.3, -0.25) is 4.79 Å². The molecule has 1 amide bonds. The molecule has 2 aliphatic heterocycles. The van der Waals surface area contributed by atoms with Crippen LogP contribution in [0.25, 0.3) is 0 Å². The first-order chi connectivity index (χ1) is 16.5. The van der Waals surface area contributed by atoms with Crippen LogP contribution < -0.4 is 5.32 Å². The minimum absolute atomic E-state index is 0.0841. The molecular weight excluding hydrogens is 470 g/mol. The molecule has 0 aromatic heterocycles.